The number of aromatic nitrogens is 2. The van der Waals surface area contributed by atoms with E-state index in [1.165, 1.54) is 18.3 Å². The molecule has 8 heteroatoms. The van der Waals surface area contributed by atoms with Gasteiger partial charge in [-0.1, -0.05) is 10.6 Å². The predicted molar refractivity (Wildman–Crippen MR) is 70.9 cm³/mol. The molecule has 0 saturated heterocycles. The Balaban J connectivity index is 2.16. The number of nitrogens with one attached hydrogen (secondary N) is 1. The van der Waals surface area contributed by atoms with Crippen molar-refractivity contribution in [3.8, 4) is 0 Å². The van der Waals surface area contributed by atoms with E-state index in [9.17, 15) is 14.0 Å². The number of benzene rings is 1. The second kappa shape index (κ2) is 6.02. The monoisotopic (exact) mass is 293 g/mol. The fraction of sp³-hybridized carbons (Fsp3) is 0. The number of hydrogen-bond acceptors (Lipinski definition) is 5. The average Bonchev–Trinajstić information content (AvgIpc) is 2.89. The summed E-state index contributed by atoms with van der Waals surface area (Å²) in [6.07, 6.45) is 3.32. The molecule has 0 aliphatic heterocycles. The Morgan fingerprint density at radius 3 is 2.80 bits per heavy atom. The van der Waals surface area contributed by atoms with E-state index in [-0.39, 0.29) is 11.1 Å². The van der Waals surface area contributed by atoms with Crippen molar-refractivity contribution < 1.29 is 19.1 Å². The van der Waals surface area contributed by atoms with E-state index >= 15 is 0 Å². The molecule has 0 atom stereocenters. The lowest BCUT2D eigenvalue weighted by atomic mass is 10.1. The van der Waals surface area contributed by atoms with E-state index in [2.05, 4.69) is 14.9 Å². The Kier molecular flexibility index (Phi) is 4.16. The summed E-state index contributed by atoms with van der Waals surface area (Å²) >= 11 is 1.00. The second-order valence-corrected chi connectivity index (χ2v) is 4.43. The molecule has 0 spiro atoms. The smallest absolute Gasteiger partial charge is 0.328 e. The van der Waals surface area contributed by atoms with Crippen molar-refractivity contribution in [1.29, 1.82) is 0 Å². The van der Waals surface area contributed by atoms with E-state index in [4.69, 9.17) is 5.11 Å². The minimum atomic E-state index is -1.18. The van der Waals surface area contributed by atoms with Crippen LogP contribution in [0.3, 0.4) is 0 Å². The van der Waals surface area contributed by atoms with E-state index in [0.717, 1.165) is 29.8 Å². The molecule has 102 valence electrons. The Morgan fingerprint density at radius 2 is 2.20 bits per heavy atom. The molecule has 0 fully saturated rings. The highest BCUT2D eigenvalue weighted by atomic mass is 32.1. The lowest BCUT2D eigenvalue weighted by Gasteiger charge is -2.03. The molecule has 1 aromatic heterocycles. The normalized spacial score (nSPS) is 10.7. The predicted octanol–water partition coefficient (Wildman–Crippen LogP) is 2.03. The molecular formula is C12H8FN3O3S. The van der Waals surface area contributed by atoms with Gasteiger partial charge in [0.15, 0.2) is 0 Å². The van der Waals surface area contributed by atoms with Crippen LogP contribution in [0.15, 0.2) is 30.5 Å². The zero-order valence-corrected chi connectivity index (χ0v) is 10.7. The van der Waals surface area contributed by atoms with Crippen LogP contribution in [0.4, 0.5) is 9.39 Å². The topological polar surface area (TPSA) is 92.2 Å². The van der Waals surface area contributed by atoms with Crippen LogP contribution in [0.2, 0.25) is 0 Å². The summed E-state index contributed by atoms with van der Waals surface area (Å²) in [4.78, 5) is 22.2. The minimum absolute atomic E-state index is 0.0865. The maximum Gasteiger partial charge on any atom is 0.328 e. The largest absolute Gasteiger partial charge is 0.478 e. The van der Waals surface area contributed by atoms with Crippen molar-refractivity contribution >= 4 is 34.5 Å². The molecule has 0 saturated carbocycles. The van der Waals surface area contributed by atoms with Gasteiger partial charge < -0.3 is 10.4 Å². The Labute approximate surface area is 116 Å². The fourth-order valence-electron chi connectivity index (χ4n) is 1.37. The first-order valence-electron chi connectivity index (χ1n) is 5.35. The van der Waals surface area contributed by atoms with Gasteiger partial charge >= 0.3 is 5.97 Å². The Hall–Kier alpha value is -2.61. The molecule has 0 radical (unpaired) electrons. The third-order valence-corrected chi connectivity index (χ3v) is 2.85. The summed E-state index contributed by atoms with van der Waals surface area (Å²) in [7, 11) is 0. The van der Waals surface area contributed by atoms with Gasteiger partial charge in [0.05, 0.1) is 6.20 Å². The van der Waals surface area contributed by atoms with Gasteiger partial charge in [-0.2, -0.15) is 0 Å². The SMILES string of the molecule is O=C(O)/C=C/c1ccc(C(=O)Nc2cnns2)cc1F. The number of anilines is 1. The van der Waals surface area contributed by atoms with Crippen molar-refractivity contribution in [2.24, 2.45) is 0 Å². The van der Waals surface area contributed by atoms with Crippen LogP contribution in [0.1, 0.15) is 15.9 Å². The molecule has 0 unspecified atom stereocenters. The number of carbonyl (C=O) groups excluding carboxylic acids is 1. The zero-order chi connectivity index (χ0) is 14.5. The summed E-state index contributed by atoms with van der Waals surface area (Å²) in [5.74, 6) is -2.36. The van der Waals surface area contributed by atoms with Gasteiger partial charge in [0, 0.05) is 28.7 Å². The highest BCUT2D eigenvalue weighted by Crippen LogP contribution is 2.15. The standard InChI is InChI=1S/C12H8FN3O3S/c13-9-5-8(2-1-7(9)3-4-11(17)18)12(19)15-10-6-14-16-20-10/h1-6H,(H,15,19)(H,17,18)/b4-3+. The van der Waals surface area contributed by atoms with Gasteiger partial charge in [0.25, 0.3) is 5.91 Å². The molecule has 6 nitrogen and oxygen atoms in total. The van der Waals surface area contributed by atoms with Gasteiger partial charge in [-0.05, 0) is 18.2 Å². The number of aliphatic carboxylic acids is 1. The molecule has 1 amide bonds. The van der Waals surface area contributed by atoms with Crippen molar-refractivity contribution in [3.05, 3.63) is 47.4 Å². The van der Waals surface area contributed by atoms with E-state index in [0.29, 0.717) is 5.00 Å². The van der Waals surface area contributed by atoms with Gasteiger partial charge in [-0.15, -0.1) is 5.10 Å². The van der Waals surface area contributed by atoms with Crippen LogP contribution in [-0.4, -0.2) is 26.6 Å². The van der Waals surface area contributed by atoms with Crippen molar-refractivity contribution in [2.75, 3.05) is 5.32 Å². The Morgan fingerprint density at radius 1 is 1.40 bits per heavy atom. The van der Waals surface area contributed by atoms with Crippen molar-refractivity contribution in [1.82, 2.24) is 9.59 Å². The highest BCUT2D eigenvalue weighted by molar-refractivity contribution is 7.10. The molecule has 0 aliphatic rings. The van der Waals surface area contributed by atoms with Gasteiger partial charge in [0.2, 0.25) is 0 Å². The average molecular weight is 293 g/mol. The van der Waals surface area contributed by atoms with Crippen molar-refractivity contribution in [2.45, 2.75) is 0 Å². The maximum atomic E-state index is 13.7. The number of carbonyl (C=O) groups is 2. The summed E-state index contributed by atoms with van der Waals surface area (Å²) in [6.45, 7) is 0. The summed E-state index contributed by atoms with van der Waals surface area (Å²) in [5, 5.41) is 15.0. The van der Waals surface area contributed by atoms with Crippen LogP contribution in [0.25, 0.3) is 6.08 Å². The minimum Gasteiger partial charge on any atom is -0.478 e. The number of hydrogen-bond donors (Lipinski definition) is 2. The molecule has 0 bridgehead atoms. The van der Waals surface area contributed by atoms with E-state index < -0.39 is 17.7 Å². The zero-order valence-electron chi connectivity index (χ0n) is 9.91. The lowest BCUT2D eigenvalue weighted by molar-refractivity contribution is -0.131. The number of nitrogens with zero attached hydrogens (tertiary/aromatic N) is 2. The quantitative estimate of drug-likeness (QED) is 0.841. The first-order valence-corrected chi connectivity index (χ1v) is 6.13. The van der Waals surface area contributed by atoms with Crippen LogP contribution in [0.5, 0.6) is 0 Å². The number of rotatable bonds is 4. The summed E-state index contributed by atoms with van der Waals surface area (Å²) in [6, 6.07) is 3.76. The van der Waals surface area contributed by atoms with Crippen LogP contribution in [0, 0.1) is 5.82 Å². The number of carboxylic acids is 1. The number of halogens is 1. The van der Waals surface area contributed by atoms with Crippen LogP contribution in [-0.2, 0) is 4.79 Å². The lowest BCUT2D eigenvalue weighted by Crippen LogP contribution is -2.11. The third kappa shape index (κ3) is 3.45. The van der Waals surface area contributed by atoms with Gasteiger partial charge in [0.1, 0.15) is 10.8 Å². The fourth-order valence-corrected chi connectivity index (χ4v) is 1.79. The molecule has 1 heterocycles. The molecule has 2 rings (SSSR count). The maximum absolute atomic E-state index is 13.7. The van der Waals surface area contributed by atoms with E-state index in [1.54, 1.807) is 0 Å². The van der Waals surface area contributed by atoms with E-state index in [1.807, 2.05) is 0 Å². The number of amides is 1. The first kappa shape index (κ1) is 13.8. The molecule has 1 aromatic carbocycles. The first-order chi connectivity index (χ1) is 9.56. The summed E-state index contributed by atoms with van der Waals surface area (Å²) in [5.41, 5.74) is 0.201. The molecule has 2 aromatic rings. The molecule has 0 aliphatic carbocycles. The molecule has 20 heavy (non-hydrogen) atoms. The number of carboxylic acid groups (broad SMARTS) is 1. The molecular weight excluding hydrogens is 285 g/mol. The highest BCUT2D eigenvalue weighted by Gasteiger charge is 2.10. The van der Waals surface area contributed by atoms with Gasteiger partial charge in [-0.25, -0.2) is 9.18 Å². The van der Waals surface area contributed by atoms with Crippen LogP contribution >= 0.6 is 11.5 Å². The third-order valence-electron chi connectivity index (χ3n) is 2.27. The van der Waals surface area contributed by atoms with Crippen LogP contribution < -0.4 is 5.32 Å². The van der Waals surface area contributed by atoms with Gasteiger partial charge in [-0.3, -0.25) is 4.79 Å². The summed E-state index contributed by atoms with van der Waals surface area (Å²) < 4.78 is 17.3. The van der Waals surface area contributed by atoms with Crippen molar-refractivity contribution in [3.63, 3.8) is 0 Å². The molecule has 2 N–H and O–H groups in total. The Bertz CT molecular complexity index is 671. The second-order valence-electron chi connectivity index (χ2n) is 3.64.